The summed E-state index contributed by atoms with van der Waals surface area (Å²) < 4.78 is 21.3. The van der Waals surface area contributed by atoms with Crippen molar-refractivity contribution in [1.82, 2.24) is 0 Å². The molecule has 2 aromatic rings. The van der Waals surface area contributed by atoms with Crippen LogP contribution in [0.4, 0.5) is 4.39 Å². The van der Waals surface area contributed by atoms with Gasteiger partial charge in [-0.2, -0.15) is 0 Å². The van der Waals surface area contributed by atoms with E-state index in [-0.39, 0.29) is 17.6 Å². The Balaban J connectivity index is 1.98. The standard InChI is InChI=1S/C25H26B3FO6/c26-24(27,32)23(22(30)31,25(28,33)34)15-11-12-20(35-16-7-1-2-8-16)18(13-15)17-9-4-10-19(29)21(17)14-5-3-6-14/h4,9-14,16,32-34H,1-3,5-8H2,(H,30,31). The monoisotopic (exact) mass is 474 g/mol. The van der Waals surface area contributed by atoms with Crippen molar-refractivity contribution in [3.63, 3.8) is 0 Å². The van der Waals surface area contributed by atoms with Crippen molar-refractivity contribution < 1.29 is 34.3 Å². The minimum atomic E-state index is -3.57. The normalized spacial score (nSPS) is 19.2. The van der Waals surface area contributed by atoms with Crippen LogP contribution in [0.1, 0.15) is 62.0 Å². The molecule has 1 unspecified atom stereocenters. The molecule has 178 valence electrons. The van der Waals surface area contributed by atoms with E-state index in [1.54, 1.807) is 6.07 Å². The first-order valence-corrected chi connectivity index (χ1v) is 11.7. The summed E-state index contributed by atoms with van der Waals surface area (Å²) in [4.78, 5) is 12.4. The second kappa shape index (κ2) is 9.30. The highest BCUT2D eigenvalue weighted by Gasteiger charge is 2.61. The number of aliphatic hydroxyl groups is 3. The number of carbonyl (C=O) groups is 1. The van der Waals surface area contributed by atoms with Crippen LogP contribution in [-0.4, -0.2) is 67.1 Å². The van der Waals surface area contributed by atoms with E-state index in [1.807, 2.05) is 0 Å². The molecule has 6 radical (unpaired) electrons. The number of aliphatic carboxylic acids is 1. The highest BCUT2D eigenvalue weighted by atomic mass is 19.1. The molecule has 6 nitrogen and oxygen atoms in total. The topological polar surface area (TPSA) is 107 Å². The molecule has 0 spiro atoms. The maximum Gasteiger partial charge on any atom is 0.320 e. The molecular weight excluding hydrogens is 448 g/mol. The summed E-state index contributed by atoms with van der Waals surface area (Å²) in [6.45, 7) is 0. The van der Waals surface area contributed by atoms with Crippen LogP contribution in [0, 0.1) is 5.82 Å². The van der Waals surface area contributed by atoms with E-state index in [9.17, 15) is 25.2 Å². The fourth-order valence-electron chi connectivity index (χ4n) is 5.34. The first kappa shape index (κ1) is 25.8. The van der Waals surface area contributed by atoms with Gasteiger partial charge in [0, 0.05) is 11.0 Å². The molecule has 4 rings (SSSR count). The van der Waals surface area contributed by atoms with Crippen molar-refractivity contribution in [2.24, 2.45) is 0 Å². The molecule has 2 aliphatic carbocycles. The van der Waals surface area contributed by atoms with Crippen molar-refractivity contribution in [3.05, 3.63) is 53.3 Å². The van der Waals surface area contributed by atoms with Crippen LogP contribution in [0.2, 0.25) is 0 Å². The molecule has 2 aromatic carbocycles. The van der Waals surface area contributed by atoms with Gasteiger partial charge in [-0.15, -0.1) is 0 Å². The van der Waals surface area contributed by atoms with Crippen molar-refractivity contribution >= 4 is 29.5 Å². The van der Waals surface area contributed by atoms with Crippen LogP contribution >= 0.6 is 0 Å². The number of halogens is 1. The molecule has 2 saturated carbocycles. The second-order valence-electron chi connectivity index (χ2n) is 9.67. The number of carboxylic acid groups (broad SMARTS) is 1. The van der Waals surface area contributed by atoms with E-state index in [2.05, 4.69) is 0 Å². The van der Waals surface area contributed by atoms with Crippen LogP contribution in [0.15, 0.2) is 36.4 Å². The number of carboxylic acids is 1. The van der Waals surface area contributed by atoms with E-state index in [4.69, 9.17) is 28.3 Å². The minimum Gasteiger partial charge on any atom is -0.490 e. The molecule has 0 bridgehead atoms. The van der Waals surface area contributed by atoms with Crippen LogP contribution in [0.25, 0.3) is 11.1 Å². The smallest absolute Gasteiger partial charge is 0.320 e. The molecule has 35 heavy (non-hydrogen) atoms. The quantitative estimate of drug-likeness (QED) is 0.346. The Bertz CT molecular complexity index is 1090. The third-order valence-electron chi connectivity index (χ3n) is 7.34. The largest absolute Gasteiger partial charge is 0.490 e. The zero-order chi connectivity index (χ0) is 25.6. The molecule has 10 heteroatoms. The maximum atomic E-state index is 15.1. The summed E-state index contributed by atoms with van der Waals surface area (Å²) in [6, 6.07) is 8.52. The van der Waals surface area contributed by atoms with Gasteiger partial charge in [-0.05, 0) is 79.3 Å². The molecule has 0 aromatic heterocycles. The van der Waals surface area contributed by atoms with Gasteiger partial charge in [0.05, 0.1) is 6.10 Å². The maximum absolute atomic E-state index is 15.1. The molecule has 2 fully saturated rings. The lowest BCUT2D eigenvalue weighted by molar-refractivity contribution is -0.194. The Kier molecular flexibility index (Phi) is 6.86. The van der Waals surface area contributed by atoms with Gasteiger partial charge >= 0.3 is 5.97 Å². The summed E-state index contributed by atoms with van der Waals surface area (Å²) in [5.41, 5.74) is -5.86. The lowest BCUT2D eigenvalue weighted by Crippen LogP contribution is -2.70. The highest BCUT2D eigenvalue weighted by molar-refractivity contribution is 6.42. The van der Waals surface area contributed by atoms with Gasteiger partial charge in [0.15, 0.2) is 7.85 Å². The number of benzene rings is 2. The zero-order valence-electron chi connectivity index (χ0n) is 19.3. The van der Waals surface area contributed by atoms with Crippen LogP contribution < -0.4 is 4.74 Å². The molecule has 0 heterocycles. The zero-order valence-corrected chi connectivity index (χ0v) is 19.3. The van der Waals surface area contributed by atoms with Gasteiger partial charge in [0.2, 0.25) is 0 Å². The fourth-order valence-corrected chi connectivity index (χ4v) is 5.34. The van der Waals surface area contributed by atoms with Crippen molar-refractivity contribution in [3.8, 4) is 16.9 Å². The third-order valence-corrected chi connectivity index (χ3v) is 7.34. The molecule has 2 aliphatic rings. The van der Waals surface area contributed by atoms with Crippen LogP contribution in [0.3, 0.4) is 0 Å². The Labute approximate surface area is 207 Å². The summed E-state index contributed by atoms with van der Waals surface area (Å²) in [5, 5.41) is 38.0. The van der Waals surface area contributed by atoms with Gasteiger partial charge in [-0.3, -0.25) is 4.79 Å². The summed E-state index contributed by atoms with van der Waals surface area (Å²) in [6.07, 6.45) is 6.18. The van der Waals surface area contributed by atoms with Gasteiger partial charge in [-0.25, -0.2) is 4.39 Å². The van der Waals surface area contributed by atoms with Crippen molar-refractivity contribution in [2.45, 2.75) is 73.5 Å². The molecule has 4 N–H and O–H groups in total. The van der Waals surface area contributed by atoms with Gasteiger partial charge in [0.25, 0.3) is 0 Å². The lowest BCUT2D eigenvalue weighted by Gasteiger charge is -2.48. The summed E-state index contributed by atoms with van der Waals surface area (Å²) in [7, 11) is 16.6. The first-order chi connectivity index (χ1) is 16.4. The van der Waals surface area contributed by atoms with Gasteiger partial charge < -0.3 is 25.2 Å². The first-order valence-electron chi connectivity index (χ1n) is 11.7. The van der Waals surface area contributed by atoms with Crippen LogP contribution in [-0.2, 0) is 10.2 Å². The van der Waals surface area contributed by atoms with Gasteiger partial charge in [-0.1, -0.05) is 24.6 Å². The Morgan fingerprint density at radius 3 is 2.11 bits per heavy atom. The average Bonchev–Trinajstić information content (AvgIpc) is 3.20. The van der Waals surface area contributed by atoms with E-state index in [0.29, 0.717) is 22.4 Å². The van der Waals surface area contributed by atoms with Crippen molar-refractivity contribution in [1.29, 1.82) is 0 Å². The third kappa shape index (κ3) is 4.41. The van der Waals surface area contributed by atoms with Gasteiger partial charge in [0.1, 0.15) is 38.4 Å². The van der Waals surface area contributed by atoms with Crippen LogP contribution in [0.5, 0.6) is 5.75 Å². The SMILES string of the molecule is [B]C([B])(O)C(C(=O)O)(c1ccc(OC2CCCC2)c(-c2cccc(F)c2C2CCC2)c1)C([B])(O)O. The molecule has 0 aliphatic heterocycles. The molecular formula is C25H26B3FO6. The van der Waals surface area contributed by atoms with E-state index >= 15 is 4.39 Å². The predicted molar refractivity (Wildman–Crippen MR) is 130 cm³/mol. The number of hydrogen-bond acceptors (Lipinski definition) is 5. The van der Waals surface area contributed by atoms with E-state index in [0.717, 1.165) is 44.9 Å². The minimum absolute atomic E-state index is 0.0244. The van der Waals surface area contributed by atoms with Crippen molar-refractivity contribution in [2.75, 3.05) is 0 Å². The lowest BCUT2D eigenvalue weighted by atomic mass is 9.43. The Hall–Kier alpha value is -2.29. The number of rotatable bonds is 8. The fraction of sp³-hybridized carbons (Fsp3) is 0.480. The highest BCUT2D eigenvalue weighted by Crippen LogP contribution is 2.48. The van der Waals surface area contributed by atoms with E-state index in [1.165, 1.54) is 30.3 Å². The summed E-state index contributed by atoms with van der Waals surface area (Å²) in [5.74, 6) is -2.03. The average molecular weight is 474 g/mol. The molecule has 0 saturated heterocycles. The Morgan fingerprint density at radius 2 is 1.60 bits per heavy atom. The second-order valence-corrected chi connectivity index (χ2v) is 9.67. The predicted octanol–water partition coefficient (Wildman–Crippen LogP) is 2.19. The molecule has 1 atom stereocenters. The summed E-state index contributed by atoms with van der Waals surface area (Å²) >= 11 is 0. The number of hydrogen-bond donors (Lipinski definition) is 4. The van der Waals surface area contributed by atoms with E-state index < -0.39 is 28.3 Å². The Morgan fingerprint density at radius 1 is 0.943 bits per heavy atom. The number of ether oxygens (including phenoxy) is 1. The molecule has 0 amide bonds.